The molecule has 6 nitrogen and oxygen atoms in total. The third-order valence-corrected chi connectivity index (χ3v) is 4.04. The van der Waals surface area contributed by atoms with Gasteiger partial charge in [-0.1, -0.05) is 30.3 Å². The maximum absolute atomic E-state index is 11.9. The first-order valence-corrected chi connectivity index (χ1v) is 9.67. The number of hydrogen-bond donors (Lipinski definition) is 1. The first kappa shape index (κ1) is 20.9. The number of benzene rings is 3. The van der Waals surface area contributed by atoms with Gasteiger partial charge in [0.2, 0.25) is 0 Å². The Labute approximate surface area is 176 Å². The molecule has 0 fully saturated rings. The van der Waals surface area contributed by atoms with Crippen molar-refractivity contribution in [1.29, 1.82) is 0 Å². The van der Waals surface area contributed by atoms with E-state index in [0.29, 0.717) is 19.0 Å². The largest absolute Gasteiger partial charge is 0.494 e. The summed E-state index contributed by atoms with van der Waals surface area (Å²) in [4.78, 5) is 11.9. The minimum absolute atomic E-state index is 0.134. The van der Waals surface area contributed by atoms with Crippen molar-refractivity contribution in [2.45, 2.75) is 13.5 Å². The van der Waals surface area contributed by atoms with E-state index >= 15 is 0 Å². The van der Waals surface area contributed by atoms with Gasteiger partial charge in [0.1, 0.15) is 23.9 Å². The fraction of sp³-hybridized carbons (Fsp3) is 0.167. The van der Waals surface area contributed by atoms with Crippen LogP contribution in [0.5, 0.6) is 17.2 Å². The van der Waals surface area contributed by atoms with Crippen LogP contribution >= 0.6 is 0 Å². The molecule has 3 aromatic rings. The van der Waals surface area contributed by atoms with Crippen LogP contribution in [0.25, 0.3) is 0 Å². The molecule has 3 aromatic carbocycles. The van der Waals surface area contributed by atoms with Crippen molar-refractivity contribution in [3.05, 3.63) is 90.0 Å². The van der Waals surface area contributed by atoms with Gasteiger partial charge in [0, 0.05) is 0 Å². The first-order valence-electron chi connectivity index (χ1n) is 9.67. The van der Waals surface area contributed by atoms with Gasteiger partial charge in [-0.05, 0) is 66.6 Å². The summed E-state index contributed by atoms with van der Waals surface area (Å²) in [6, 6.07) is 24.5. The van der Waals surface area contributed by atoms with E-state index in [1.807, 2.05) is 61.5 Å². The van der Waals surface area contributed by atoms with Crippen molar-refractivity contribution in [3.63, 3.8) is 0 Å². The zero-order valence-electron chi connectivity index (χ0n) is 16.8. The number of hydrogen-bond acceptors (Lipinski definition) is 5. The summed E-state index contributed by atoms with van der Waals surface area (Å²) in [6.45, 7) is 2.91. The van der Waals surface area contributed by atoms with Crippen molar-refractivity contribution < 1.29 is 19.0 Å². The molecule has 0 atom stereocenters. The Balaban J connectivity index is 1.38. The molecule has 0 heterocycles. The average Bonchev–Trinajstić information content (AvgIpc) is 2.79. The SMILES string of the molecule is CCOc1ccc(/C=N/NC(=O)COc2ccc(OCc3ccccc3)cc2)cc1. The molecule has 30 heavy (non-hydrogen) atoms. The Morgan fingerprint density at radius 2 is 1.43 bits per heavy atom. The van der Waals surface area contributed by atoms with Crippen molar-refractivity contribution in [1.82, 2.24) is 5.43 Å². The van der Waals surface area contributed by atoms with Crippen molar-refractivity contribution >= 4 is 12.1 Å². The van der Waals surface area contributed by atoms with Crippen LogP contribution in [0.1, 0.15) is 18.1 Å². The lowest BCUT2D eigenvalue weighted by Crippen LogP contribution is -2.24. The number of hydrazone groups is 1. The second-order valence-electron chi connectivity index (χ2n) is 6.33. The summed E-state index contributed by atoms with van der Waals surface area (Å²) in [7, 11) is 0. The zero-order chi connectivity index (χ0) is 21.0. The van der Waals surface area contributed by atoms with Crippen LogP contribution < -0.4 is 19.6 Å². The molecule has 0 saturated carbocycles. The van der Waals surface area contributed by atoms with Crippen molar-refractivity contribution in [2.75, 3.05) is 13.2 Å². The molecule has 0 saturated heterocycles. The second-order valence-corrected chi connectivity index (χ2v) is 6.33. The summed E-state index contributed by atoms with van der Waals surface area (Å²) in [5.74, 6) is 1.76. The number of carbonyl (C=O) groups is 1. The summed E-state index contributed by atoms with van der Waals surface area (Å²) in [5.41, 5.74) is 4.39. The highest BCUT2D eigenvalue weighted by atomic mass is 16.5. The maximum atomic E-state index is 11.9. The number of rotatable bonds is 10. The quantitative estimate of drug-likeness (QED) is 0.406. The third-order valence-electron chi connectivity index (χ3n) is 4.04. The highest BCUT2D eigenvalue weighted by molar-refractivity contribution is 5.83. The minimum atomic E-state index is -0.346. The van der Waals surface area contributed by atoms with Gasteiger partial charge in [-0.2, -0.15) is 5.10 Å². The summed E-state index contributed by atoms with van der Waals surface area (Å²) in [5, 5.41) is 3.93. The fourth-order valence-corrected chi connectivity index (χ4v) is 2.55. The van der Waals surface area contributed by atoms with Gasteiger partial charge in [-0.15, -0.1) is 0 Å². The van der Waals surface area contributed by atoms with Gasteiger partial charge in [0.25, 0.3) is 5.91 Å². The maximum Gasteiger partial charge on any atom is 0.277 e. The molecule has 6 heteroatoms. The second kappa shape index (κ2) is 11.3. The Morgan fingerprint density at radius 1 is 0.833 bits per heavy atom. The number of carbonyl (C=O) groups excluding carboxylic acids is 1. The van der Waals surface area contributed by atoms with Crippen LogP contribution in [-0.2, 0) is 11.4 Å². The van der Waals surface area contributed by atoms with Crippen molar-refractivity contribution in [2.24, 2.45) is 5.10 Å². The lowest BCUT2D eigenvalue weighted by Gasteiger charge is -2.08. The van der Waals surface area contributed by atoms with E-state index in [2.05, 4.69) is 10.5 Å². The van der Waals surface area contributed by atoms with Gasteiger partial charge >= 0.3 is 0 Å². The van der Waals surface area contributed by atoms with Crippen LogP contribution in [0.3, 0.4) is 0 Å². The van der Waals surface area contributed by atoms with E-state index in [1.165, 1.54) is 0 Å². The molecule has 0 unspecified atom stereocenters. The molecule has 0 radical (unpaired) electrons. The average molecular weight is 404 g/mol. The van der Waals surface area contributed by atoms with E-state index < -0.39 is 0 Å². The predicted octanol–water partition coefficient (Wildman–Crippen LogP) is 4.19. The summed E-state index contributed by atoms with van der Waals surface area (Å²) < 4.78 is 16.6. The van der Waals surface area contributed by atoms with E-state index in [0.717, 1.165) is 22.6 Å². The van der Waals surface area contributed by atoms with Crippen LogP contribution in [0.2, 0.25) is 0 Å². The van der Waals surface area contributed by atoms with Gasteiger partial charge in [-0.3, -0.25) is 4.79 Å². The van der Waals surface area contributed by atoms with Crippen LogP contribution in [-0.4, -0.2) is 25.3 Å². The lowest BCUT2D eigenvalue weighted by atomic mass is 10.2. The van der Waals surface area contributed by atoms with Crippen molar-refractivity contribution in [3.8, 4) is 17.2 Å². The molecule has 1 amide bonds. The Morgan fingerprint density at radius 3 is 2.10 bits per heavy atom. The van der Waals surface area contributed by atoms with Crippen LogP contribution in [0, 0.1) is 0 Å². The molecule has 0 aliphatic rings. The molecule has 0 bridgehead atoms. The van der Waals surface area contributed by atoms with Crippen LogP contribution in [0.15, 0.2) is 84.0 Å². The lowest BCUT2D eigenvalue weighted by molar-refractivity contribution is -0.123. The molecule has 0 aliphatic carbocycles. The van der Waals surface area contributed by atoms with Crippen LogP contribution in [0.4, 0.5) is 0 Å². The van der Waals surface area contributed by atoms with E-state index in [1.54, 1.807) is 30.5 Å². The fourth-order valence-electron chi connectivity index (χ4n) is 2.55. The highest BCUT2D eigenvalue weighted by Gasteiger charge is 2.02. The summed E-state index contributed by atoms with van der Waals surface area (Å²) >= 11 is 0. The molecule has 1 N–H and O–H groups in total. The molecule has 0 spiro atoms. The highest BCUT2D eigenvalue weighted by Crippen LogP contribution is 2.18. The molecule has 0 aliphatic heterocycles. The smallest absolute Gasteiger partial charge is 0.277 e. The standard InChI is InChI=1S/C24H24N2O4/c1-2-28-21-10-8-19(9-11-21)16-25-26-24(27)18-30-23-14-12-22(13-15-23)29-17-20-6-4-3-5-7-20/h3-16H,2,17-18H2,1H3,(H,26,27)/b25-16+. The third kappa shape index (κ3) is 6.98. The predicted molar refractivity (Wildman–Crippen MR) is 116 cm³/mol. The number of amides is 1. The summed E-state index contributed by atoms with van der Waals surface area (Å²) in [6.07, 6.45) is 1.56. The van der Waals surface area contributed by atoms with Gasteiger partial charge in [-0.25, -0.2) is 5.43 Å². The van der Waals surface area contributed by atoms with Gasteiger partial charge in [0.05, 0.1) is 12.8 Å². The van der Waals surface area contributed by atoms with E-state index in [-0.39, 0.29) is 12.5 Å². The normalized spacial score (nSPS) is 10.6. The molecular weight excluding hydrogens is 380 g/mol. The number of ether oxygens (including phenoxy) is 3. The monoisotopic (exact) mass is 404 g/mol. The van der Waals surface area contributed by atoms with Gasteiger partial charge in [0.15, 0.2) is 6.61 Å². The molecule has 154 valence electrons. The van der Waals surface area contributed by atoms with E-state index in [9.17, 15) is 4.79 Å². The molecule has 3 rings (SSSR count). The number of nitrogens with zero attached hydrogens (tertiary/aromatic N) is 1. The molecule has 0 aromatic heterocycles. The first-order chi connectivity index (χ1) is 14.7. The Bertz CT molecular complexity index is 939. The Kier molecular flexibility index (Phi) is 7.85. The Hall–Kier alpha value is -3.80. The topological polar surface area (TPSA) is 69.2 Å². The zero-order valence-corrected chi connectivity index (χ0v) is 16.8. The van der Waals surface area contributed by atoms with E-state index in [4.69, 9.17) is 14.2 Å². The minimum Gasteiger partial charge on any atom is -0.494 e. The molecular formula is C24H24N2O4. The number of nitrogens with one attached hydrogen (secondary N) is 1. The van der Waals surface area contributed by atoms with Gasteiger partial charge < -0.3 is 14.2 Å².